The summed E-state index contributed by atoms with van der Waals surface area (Å²) in [6.45, 7) is 0. The number of halogens is 2. The first kappa shape index (κ1) is 13.8. The monoisotopic (exact) mass is 346 g/mol. The molecular weight excluding hydrogens is 339 g/mol. The molecule has 100 valence electrons. The summed E-state index contributed by atoms with van der Waals surface area (Å²) in [5, 5.41) is 16.4. The molecular formula is C10H8BrFN4O2S. The minimum atomic E-state index is -0.986. The van der Waals surface area contributed by atoms with Crippen molar-refractivity contribution in [2.75, 3.05) is 11.5 Å². The Labute approximate surface area is 119 Å². The number of nitrogens with zero attached hydrogens (tertiary/aromatic N) is 3. The van der Waals surface area contributed by atoms with Crippen LogP contribution in [-0.2, 0) is 4.79 Å². The van der Waals surface area contributed by atoms with Gasteiger partial charge in [0.1, 0.15) is 5.82 Å². The molecule has 1 heterocycles. The van der Waals surface area contributed by atoms with E-state index in [0.717, 1.165) is 11.8 Å². The number of carboxylic acids is 1. The summed E-state index contributed by atoms with van der Waals surface area (Å²) in [5.74, 6) is -1.56. The zero-order valence-corrected chi connectivity index (χ0v) is 11.8. The highest BCUT2D eigenvalue weighted by Crippen LogP contribution is 2.25. The highest BCUT2D eigenvalue weighted by Gasteiger charge is 2.14. The predicted molar refractivity (Wildman–Crippen MR) is 71.8 cm³/mol. The van der Waals surface area contributed by atoms with E-state index in [1.807, 2.05) is 0 Å². The Kier molecular flexibility index (Phi) is 4.05. The van der Waals surface area contributed by atoms with Crippen molar-refractivity contribution in [2.24, 2.45) is 0 Å². The van der Waals surface area contributed by atoms with Crippen molar-refractivity contribution in [3.8, 4) is 5.69 Å². The lowest BCUT2D eigenvalue weighted by Gasteiger charge is -2.07. The van der Waals surface area contributed by atoms with Crippen molar-refractivity contribution >= 4 is 39.6 Å². The van der Waals surface area contributed by atoms with Crippen LogP contribution in [0.1, 0.15) is 0 Å². The Morgan fingerprint density at radius 1 is 1.53 bits per heavy atom. The fourth-order valence-electron chi connectivity index (χ4n) is 1.37. The lowest BCUT2D eigenvalue weighted by atomic mass is 10.3. The summed E-state index contributed by atoms with van der Waals surface area (Å²) in [5.41, 5.74) is 6.09. The number of hydrogen-bond donors (Lipinski definition) is 2. The van der Waals surface area contributed by atoms with E-state index in [2.05, 4.69) is 26.1 Å². The van der Waals surface area contributed by atoms with E-state index in [0.29, 0.717) is 15.3 Å². The van der Waals surface area contributed by atoms with Crippen LogP contribution in [0.3, 0.4) is 0 Å². The summed E-state index contributed by atoms with van der Waals surface area (Å²) in [7, 11) is 0. The smallest absolute Gasteiger partial charge is 0.313 e. The molecule has 0 aliphatic heterocycles. The summed E-state index contributed by atoms with van der Waals surface area (Å²) < 4.78 is 15.2. The number of carboxylic acid groups (broad SMARTS) is 1. The molecule has 1 aromatic heterocycles. The quantitative estimate of drug-likeness (QED) is 0.821. The lowest BCUT2D eigenvalue weighted by Crippen LogP contribution is -2.05. The second kappa shape index (κ2) is 5.57. The summed E-state index contributed by atoms with van der Waals surface area (Å²) >= 11 is 4.01. The Bertz CT molecular complexity index is 634. The molecule has 9 heteroatoms. The first-order valence-electron chi connectivity index (χ1n) is 5.00. The maximum atomic E-state index is 13.5. The highest BCUT2D eigenvalue weighted by molar-refractivity contribution is 9.10. The SMILES string of the molecule is Nc1nnc(SCC(=O)O)n1-c1ccc(Br)c(F)c1. The number of aromatic nitrogens is 3. The maximum absolute atomic E-state index is 13.5. The van der Waals surface area contributed by atoms with Gasteiger partial charge in [0.25, 0.3) is 0 Å². The normalized spacial score (nSPS) is 10.6. The molecule has 1 aromatic carbocycles. The van der Waals surface area contributed by atoms with Gasteiger partial charge in [0.05, 0.1) is 15.9 Å². The van der Waals surface area contributed by atoms with Gasteiger partial charge in [-0.1, -0.05) is 11.8 Å². The average molecular weight is 347 g/mol. The first-order valence-corrected chi connectivity index (χ1v) is 6.78. The molecule has 0 bridgehead atoms. The van der Waals surface area contributed by atoms with Crippen LogP contribution in [0.5, 0.6) is 0 Å². The van der Waals surface area contributed by atoms with Crippen molar-refractivity contribution in [3.63, 3.8) is 0 Å². The minimum absolute atomic E-state index is 0.0645. The molecule has 0 aliphatic rings. The number of anilines is 1. The molecule has 0 saturated carbocycles. The Hall–Kier alpha value is -1.61. The van der Waals surface area contributed by atoms with Gasteiger partial charge >= 0.3 is 5.97 Å². The van der Waals surface area contributed by atoms with E-state index in [1.54, 1.807) is 6.07 Å². The van der Waals surface area contributed by atoms with E-state index >= 15 is 0 Å². The largest absolute Gasteiger partial charge is 0.481 e. The van der Waals surface area contributed by atoms with Crippen molar-refractivity contribution in [1.29, 1.82) is 0 Å². The van der Waals surface area contributed by atoms with Crippen LogP contribution in [0.15, 0.2) is 27.8 Å². The highest BCUT2D eigenvalue weighted by atomic mass is 79.9. The zero-order chi connectivity index (χ0) is 14.0. The van der Waals surface area contributed by atoms with E-state index in [9.17, 15) is 9.18 Å². The minimum Gasteiger partial charge on any atom is -0.481 e. The number of hydrogen-bond acceptors (Lipinski definition) is 5. The standard InChI is InChI=1S/C10H8BrFN4O2S/c11-6-2-1-5(3-7(6)12)16-9(13)14-15-10(16)19-4-8(17)18/h1-3H,4H2,(H2,13,14)(H,17,18). The Morgan fingerprint density at radius 3 is 2.89 bits per heavy atom. The van der Waals surface area contributed by atoms with E-state index < -0.39 is 11.8 Å². The fourth-order valence-corrected chi connectivity index (χ4v) is 2.29. The number of carbonyl (C=O) groups is 1. The second-order valence-electron chi connectivity index (χ2n) is 3.46. The van der Waals surface area contributed by atoms with Gasteiger partial charge in [-0.15, -0.1) is 10.2 Å². The molecule has 3 N–H and O–H groups in total. The molecule has 0 fully saturated rings. The van der Waals surface area contributed by atoms with Crippen molar-refractivity contribution < 1.29 is 14.3 Å². The van der Waals surface area contributed by atoms with Gasteiger partial charge in [-0.05, 0) is 34.1 Å². The molecule has 0 unspecified atom stereocenters. The zero-order valence-electron chi connectivity index (χ0n) is 9.38. The molecule has 0 amide bonds. The molecule has 2 rings (SSSR count). The van der Waals surface area contributed by atoms with Gasteiger partial charge in [0.15, 0.2) is 5.16 Å². The Balaban J connectivity index is 2.40. The number of nitrogen functional groups attached to an aromatic ring is 1. The third kappa shape index (κ3) is 3.04. The molecule has 0 atom stereocenters. The van der Waals surface area contributed by atoms with Crippen LogP contribution < -0.4 is 5.73 Å². The van der Waals surface area contributed by atoms with Gasteiger partial charge < -0.3 is 10.8 Å². The van der Waals surface area contributed by atoms with Crippen LogP contribution in [0.25, 0.3) is 5.69 Å². The third-order valence-electron chi connectivity index (χ3n) is 2.14. The molecule has 0 aliphatic carbocycles. The molecule has 6 nitrogen and oxygen atoms in total. The van der Waals surface area contributed by atoms with E-state index in [4.69, 9.17) is 10.8 Å². The second-order valence-corrected chi connectivity index (χ2v) is 5.25. The first-order chi connectivity index (χ1) is 8.99. The van der Waals surface area contributed by atoms with Gasteiger partial charge in [0.2, 0.25) is 5.95 Å². The van der Waals surface area contributed by atoms with Gasteiger partial charge in [-0.25, -0.2) is 4.39 Å². The maximum Gasteiger partial charge on any atom is 0.313 e. The van der Waals surface area contributed by atoms with Gasteiger partial charge in [-0.2, -0.15) is 0 Å². The summed E-state index contributed by atoms with van der Waals surface area (Å²) in [6.07, 6.45) is 0. The molecule has 0 radical (unpaired) electrons. The predicted octanol–water partition coefficient (Wildman–Crippen LogP) is 1.93. The van der Waals surface area contributed by atoms with Gasteiger partial charge in [0, 0.05) is 0 Å². The number of thioether (sulfide) groups is 1. The van der Waals surface area contributed by atoms with Crippen molar-refractivity contribution in [1.82, 2.24) is 14.8 Å². The summed E-state index contributed by atoms with van der Waals surface area (Å²) in [4.78, 5) is 10.6. The molecule has 19 heavy (non-hydrogen) atoms. The topological polar surface area (TPSA) is 94.0 Å². The van der Waals surface area contributed by atoms with E-state index in [-0.39, 0.29) is 11.7 Å². The van der Waals surface area contributed by atoms with Crippen LogP contribution in [0, 0.1) is 5.82 Å². The number of nitrogens with two attached hydrogens (primary N) is 1. The molecule has 0 saturated heterocycles. The van der Waals surface area contributed by atoms with Crippen molar-refractivity contribution in [2.45, 2.75) is 5.16 Å². The van der Waals surface area contributed by atoms with Gasteiger partial charge in [-0.3, -0.25) is 9.36 Å². The molecule has 0 spiro atoms. The van der Waals surface area contributed by atoms with E-state index in [1.165, 1.54) is 16.7 Å². The number of rotatable bonds is 4. The van der Waals surface area contributed by atoms with Crippen molar-refractivity contribution in [3.05, 3.63) is 28.5 Å². The van der Waals surface area contributed by atoms with Crippen LogP contribution in [-0.4, -0.2) is 31.6 Å². The van der Waals surface area contributed by atoms with Crippen LogP contribution in [0.2, 0.25) is 0 Å². The number of benzene rings is 1. The summed E-state index contributed by atoms with van der Waals surface area (Å²) in [6, 6.07) is 4.40. The molecule has 2 aromatic rings. The lowest BCUT2D eigenvalue weighted by molar-refractivity contribution is -0.133. The third-order valence-corrected chi connectivity index (χ3v) is 3.70. The average Bonchev–Trinajstić information content (AvgIpc) is 2.71. The van der Waals surface area contributed by atoms with Crippen LogP contribution in [0.4, 0.5) is 10.3 Å². The Morgan fingerprint density at radius 2 is 2.26 bits per heavy atom. The number of aliphatic carboxylic acids is 1. The fraction of sp³-hybridized carbons (Fsp3) is 0.100. The van der Waals surface area contributed by atoms with Crippen LogP contribution >= 0.6 is 27.7 Å².